The fourth-order valence-electron chi connectivity index (χ4n) is 1.24. The van der Waals surface area contributed by atoms with Crippen LogP contribution in [-0.2, 0) is 4.74 Å². The van der Waals surface area contributed by atoms with E-state index in [-0.39, 0.29) is 6.10 Å². The second-order valence-corrected chi connectivity index (χ2v) is 3.03. The zero-order valence-corrected chi connectivity index (χ0v) is 8.16. The Hall–Kier alpha value is -0.930. The molecular weight excluding hydrogens is 164 g/mol. The van der Waals surface area contributed by atoms with E-state index in [1.165, 1.54) is 0 Å². The van der Waals surface area contributed by atoms with E-state index < -0.39 is 0 Å². The predicted molar refractivity (Wildman–Crippen MR) is 52.4 cm³/mol. The molecule has 0 aliphatic carbocycles. The fraction of sp³-hybridized carbons (Fsp3) is 0.500. The van der Waals surface area contributed by atoms with Gasteiger partial charge >= 0.3 is 0 Å². The zero-order chi connectivity index (χ0) is 9.68. The molecule has 0 aromatic carbocycles. The SMILES string of the molecule is COC(CCN)c1ccc(C)nc1. The molecule has 3 nitrogen and oxygen atoms in total. The monoisotopic (exact) mass is 180 g/mol. The maximum absolute atomic E-state index is 5.47. The number of ether oxygens (including phenoxy) is 1. The summed E-state index contributed by atoms with van der Waals surface area (Å²) in [4.78, 5) is 4.21. The number of nitrogens with two attached hydrogens (primary N) is 1. The first kappa shape index (κ1) is 10.2. The Morgan fingerprint density at radius 2 is 2.31 bits per heavy atom. The van der Waals surface area contributed by atoms with Gasteiger partial charge in [0.15, 0.2) is 0 Å². The Labute approximate surface area is 78.9 Å². The van der Waals surface area contributed by atoms with Crippen LogP contribution in [0.15, 0.2) is 18.3 Å². The van der Waals surface area contributed by atoms with E-state index in [9.17, 15) is 0 Å². The molecule has 0 radical (unpaired) electrons. The van der Waals surface area contributed by atoms with E-state index >= 15 is 0 Å². The highest BCUT2D eigenvalue weighted by Gasteiger charge is 2.08. The molecule has 1 rings (SSSR count). The summed E-state index contributed by atoms with van der Waals surface area (Å²) in [7, 11) is 1.69. The Kier molecular flexibility index (Phi) is 3.86. The van der Waals surface area contributed by atoms with Gasteiger partial charge in [-0.05, 0) is 31.5 Å². The second-order valence-electron chi connectivity index (χ2n) is 3.03. The smallest absolute Gasteiger partial charge is 0.0848 e. The highest BCUT2D eigenvalue weighted by Crippen LogP contribution is 2.18. The minimum atomic E-state index is 0.0816. The van der Waals surface area contributed by atoms with Gasteiger partial charge in [-0.1, -0.05) is 6.07 Å². The third-order valence-electron chi connectivity index (χ3n) is 2.02. The lowest BCUT2D eigenvalue weighted by Crippen LogP contribution is -2.09. The number of nitrogens with zero attached hydrogens (tertiary/aromatic N) is 1. The molecule has 0 saturated heterocycles. The van der Waals surface area contributed by atoms with Gasteiger partial charge in [0.2, 0.25) is 0 Å². The van der Waals surface area contributed by atoms with Crippen LogP contribution in [0.4, 0.5) is 0 Å². The molecule has 1 heterocycles. The molecule has 1 atom stereocenters. The van der Waals surface area contributed by atoms with Crippen LogP contribution in [0, 0.1) is 6.92 Å². The van der Waals surface area contributed by atoms with Crippen molar-refractivity contribution in [3.8, 4) is 0 Å². The number of methoxy groups -OCH3 is 1. The van der Waals surface area contributed by atoms with Crippen molar-refractivity contribution >= 4 is 0 Å². The number of rotatable bonds is 4. The van der Waals surface area contributed by atoms with Gasteiger partial charge < -0.3 is 10.5 Å². The van der Waals surface area contributed by atoms with Crippen LogP contribution in [0.25, 0.3) is 0 Å². The standard InChI is InChI=1S/C10H16N2O/c1-8-3-4-9(7-12-8)10(13-2)5-6-11/h3-4,7,10H,5-6,11H2,1-2H3. The van der Waals surface area contributed by atoms with E-state index in [4.69, 9.17) is 10.5 Å². The largest absolute Gasteiger partial charge is 0.377 e. The number of hydrogen-bond acceptors (Lipinski definition) is 3. The zero-order valence-electron chi connectivity index (χ0n) is 8.16. The summed E-state index contributed by atoms with van der Waals surface area (Å²) >= 11 is 0. The fourth-order valence-corrected chi connectivity index (χ4v) is 1.24. The van der Waals surface area contributed by atoms with Crippen molar-refractivity contribution in [2.45, 2.75) is 19.4 Å². The molecule has 72 valence electrons. The van der Waals surface area contributed by atoms with Crippen molar-refractivity contribution in [3.63, 3.8) is 0 Å². The summed E-state index contributed by atoms with van der Waals surface area (Å²) < 4.78 is 5.30. The number of aryl methyl sites for hydroxylation is 1. The van der Waals surface area contributed by atoms with Gasteiger partial charge in [-0.25, -0.2) is 0 Å². The van der Waals surface area contributed by atoms with E-state index in [1.807, 2.05) is 25.3 Å². The van der Waals surface area contributed by atoms with Crippen LogP contribution in [0.5, 0.6) is 0 Å². The van der Waals surface area contributed by atoms with E-state index in [0.29, 0.717) is 6.54 Å². The Bertz CT molecular complexity index is 246. The molecule has 1 aromatic heterocycles. The normalized spacial score (nSPS) is 12.8. The van der Waals surface area contributed by atoms with Gasteiger partial charge in [-0.2, -0.15) is 0 Å². The van der Waals surface area contributed by atoms with Gasteiger partial charge in [-0.3, -0.25) is 4.98 Å². The van der Waals surface area contributed by atoms with Gasteiger partial charge in [0.25, 0.3) is 0 Å². The number of hydrogen-bond donors (Lipinski definition) is 1. The molecule has 1 aromatic rings. The summed E-state index contributed by atoms with van der Waals surface area (Å²) in [6, 6.07) is 4.02. The second kappa shape index (κ2) is 4.94. The minimum absolute atomic E-state index is 0.0816. The van der Waals surface area contributed by atoms with Crippen molar-refractivity contribution in [3.05, 3.63) is 29.6 Å². The molecule has 2 N–H and O–H groups in total. The molecule has 0 fully saturated rings. The van der Waals surface area contributed by atoms with Crippen LogP contribution < -0.4 is 5.73 Å². The minimum Gasteiger partial charge on any atom is -0.377 e. The van der Waals surface area contributed by atoms with Crippen LogP contribution >= 0.6 is 0 Å². The topological polar surface area (TPSA) is 48.1 Å². The molecule has 0 aliphatic heterocycles. The average Bonchev–Trinajstić information content (AvgIpc) is 2.16. The maximum Gasteiger partial charge on any atom is 0.0848 e. The molecule has 0 bridgehead atoms. The van der Waals surface area contributed by atoms with Gasteiger partial charge in [0.1, 0.15) is 0 Å². The molecule has 0 amide bonds. The maximum atomic E-state index is 5.47. The highest BCUT2D eigenvalue weighted by atomic mass is 16.5. The van der Waals surface area contributed by atoms with Gasteiger partial charge in [0.05, 0.1) is 6.10 Å². The molecular formula is C10H16N2O. The van der Waals surface area contributed by atoms with E-state index in [2.05, 4.69) is 4.98 Å². The van der Waals surface area contributed by atoms with E-state index in [0.717, 1.165) is 17.7 Å². The lowest BCUT2D eigenvalue weighted by atomic mass is 10.1. The summed E-state index contributed by atoms with van der Waals surface area (Å²) in [5.41, 5.74) is 7.59. The third-order valence-corrected chi connectivity index (χ3v) is 2.02. The number of pyridine rings is 1. The summed E-state index contributed by atoms with van der Waals surface area (Å²) in [6.45, 7) is 2.60. The molecule has 0 saturated carbocycles. The van der Waals surface area contributed by atoms with Gasteiger partial charge in [-0.15, -0.1) is 0 Å². The first-order chi connectivity index (χ1) is 6.27. The lowest BCUT2D eigenvalue weighted by Gasteiger charge is -2.13. The Morgan fingerprint density at radius 3 is 2.77 bits per heavy atom. The first-order valence-electron chi connectivity index (χ1n) is 4.43. The third kappa shape index (κ3) is 2.79. The molecule has 3 heteroatoms. The summed E-state index contributed by atoms with van der Waals surface area (Å²) in [5.74, 6) is 0. The van der Waals surface area contributed by atoms with Crippen molar-refractivity contribution in [1.82, 2.24) is 4.98 Å². The van der Waals surface area contributed by atoms with E-state index in [1.54, 1.807) is 7.11 Å². The predicted octanol–water partition coefficient (Wildman–Crippen LogP) is 1.43. The number of aromatic nitrogens is 1. The van der Waals surface area contributed by atoms with Crippen LogP contribution in [-0.4, -0.2) is 18.6 Å². The van der Waals surface area contributed by atoms with Crippen molar-refractivity contribution < 1.29 is 4.74 Å². The van der Waals surface area contributed by atoms with Crippen molar-refractivity contribution in [2.24, 2.45) is 5.73 Å². The lowest BCUT2D eigenvalue weighted by molar-refractivity contribution is 0.0975. The summed E-state index contributed by atoms with van der Waals surface area (Å²) in [6.07, 6.45) is 2.76. The first-order valence-corrected chi connectivity index (χ1v) is 4.43. The molecule has 0 aliphatic rings. The average molecular weight is 180 g/mol. The molecule has 0 spiro atoms. The Morgan fingerprint density at radius 1 is 1.54 bits per heavy atom. The van der Waals surface area contributed by atoms with Crippen LogP contribution in [0.3, 0.4) is 0 Å². The summed E-state index contributed by atoms with van der Waals surface area (Å²) in [5, 5.41) is 0. The Balaban J connectivity index is 2.73. The molecule has 1 unspecified atom stereocenters. The van der Waals surface area contributed by atoms with Gasteiger partial charge in [0, 0.05) is 19.0 Å². The van der Waals surface area contributed by atoms with Crippen LogP contribution in [0.2, 0.25) is 0 Å². The molecule has 13 heavy (non-hydrogen) atoms. The highest BCUT2D eigenvalue weighted by molar-refractivity contribution is 5.15. The van der Waals surface area contributed by atoms with Crippen molar-refractivity contribution in [1.29, 1.82) is 0 Å². The quantitative estimate of drug-likeness (QED) is 0.762. The van der Waals surface area contributed by atoms with Crippen molar-refractivity contribution in [2.75, 3.05) is 13.7 Å². The van der Waals surface area contributed by atoms with Crippen LogP contribution in [0.1, 0.15) is 23.8 Å².